The summed E-state index contributed by atoms with van der Waals surface area (Å²) in [5, 5.41) is 6.26. The van der Waals surface area contributed by atoms with Gasteiger partial charge in [-0.25, -0.2) is 0 Å². The molecule has 5 heteroatoms. The van der Waals surface area contributed by atoms with Crippen molar-refractivity contribution in [2.75, 3.05) is 25.5 Å². The molecule has 4 fully saturated rings. The first-order chi connectivity index (χ1) is 16.9. The molecule has 0 aromatic heterocycles. The van der Waals surface area contributed by atoms with Gasteiger partial charge < -0.3 is 15.5 Å². The van der Waals surface area contributed by atoms with Gasteiger partial charge >= 0.3 is 0 Å². The summed E-state index contributed by atoms with van der Waals surface area (Å²) < 4.78 is 0. The van der Waals surface area contributed by atoms with E-state index in [4.69, 9.17) is 0 Å². The molecule has 4 bridgehead atoms. The smallest absolute Gasteiger partial charge is 0.251 e. The average Bonchev–Trinajstić information content (AvgIpc) is 2.85. The van der Waals surface area contributed by atoms with E-state index in [9.17, 15) is 9.59 Å². The van der Waals surface area contributed by atoms with Crippen molar-refractivity contribution in [3.63, 3.8) is 0 Å². The number of anilines is 1. The molecule has 2 N–H and O–H groups in total. The monoisotopic (exact) mass is 473 g/mol. The van der Waals surface area contributed by atoms with Gasteiger partial charge in [0.05, 0.1) is 0 Å². The number of carbonyl (C=O) groups is 2. The molecule has 186 valence electrons. The number of amides is 2. The van der Waals surface area contributed by atoms with Crippen LogP contribution in [0.5, 0.6) is 0 Å². The maximum absolute atomic E-state index is 13.2. The molecular formula is C30H39N3O2. The molecule has 35 heavy (non-hydrogen) atoms. The summed E-state index contributed by atoms with van der Waals surface area (Å²) in [6.45, 7) is 1.19. The van der Waals surface area contributed by atoms with Crippen LogP contribution in [0.4, 0.5) is 5.69 Å². The molecule has 0 saturated heterocycles. The first-order valence-corrected chi connectivity index (χ1v) is 13.3. The molecule has 4 aliphatic carbocycles. The van der Waals surface area contributed by atoms with E-state index in [-0.39, 0.29) is 17.2 Å². The molecule has 6 rings (SSSR count). The van der Waals surface area contributed by atoms with Crippen LogP contribution in [0.25, 0.3) is 0 Å². The molecule has 0 atom stereocenters. The SMILES string of the molecule is CN(C)c1ccc(CCCNC(=O)c2ccc(CNC(=O)C34CC5CC(CC(C5)C3)C4)cc2)cc1. The topological polar surface area (TPSA) is 61.4 Å². The summed E-state index contributed by atoms with van der Waals surface area (Å²) in [7, 11) is 4.08. The Balaban J connectivity index is 1.05. The standard InChI is InChI=1S/C30H39N3O2/c1-33(2)27-11-7-21(8-12-27)4-3-13-31-28(34)26-9-5-22(6-10-26)20-32-29(35)30-17-23-14-24(18-30)16-25(15-23)19-30/h5-12,23-25H,3-4,13-20H2,1-2H3,(H,31,34)(H,32,35). The Kier molecular flexibility index (Phi) is 6.86. The molecule has 0 spiro atoms. The van der Waals surface area contributed by atoms with E-state index in [1.165, 1.54) is 30.5 Å². The molecule has 0 radical (unpaired) electrons. The Hall–Kier alpha value is -2.82. The third-order valence-electron chi connectivity index (χ3n) is 8.57. The van der Waals surface area contributed by atoms with Crippen molar-refractivity contribution < 1.29 is 9.59 Å². The van der Waals surface area contributed by atoms with Crippen molar-refractivity contribution in [2.24, 2.45) is 23.2 Å². The van der Waals surface area contributed by atoms with Crippen LogP contribution in [0.15, 0.2) is 48.5 Å². The zero-order chi connectivity index (χ0) is 24.4. The lowest BCUT2D eigenvalue weighted by atomic mass is 9.49. The van der Waals surface area contributed by atoms with Gasteiger partial charge in [-0.3, -0.25) is 9.59 Å². The normalized spacial score (nSPS) is 26.4. The highest BCUT2D eigenvalue weighted by molar-refractivity contribution is 5.94. The molecular weight excluding hydrogens is 434 g/mol. The van der Waals surface area contributed by atoms with Crippen molar-refractivity contribution in [1.82, 2.24) is 10.6 Å². The van der Waals surface area contributed by atoms with E-state index in [0.29, 0.717) is 18.7 Å². The lowest BCUT2D eigenvalue weighted by molar-refractivity contribution is -0.146. The minimum absolute atomic E-state index is 0.0443. The van der Waals surface area contributed by atoms with Gasteiger partial charge in [0, 0.05) is 43.9 Å². The number of carbonyl (C=O) groups excluding carboxylic acids is 2. The lowest BCUT2D eigenvalue weighted by Gasteiger charge is -2.55. The maximum Gasteiger partial charge on any atom is 0.251 e. The predicted octanol–water partition coefficient (Wildman–Crippen LogP) is 4.95. The number of hydrogen-bond acceptors (Lipinski definition) is 3. The Morgan fingerprint density at radius 2 is 1.40 bits per heavy atom. The fraction of sp³-hybridized carbons (Fsp3) is 0.533. The molecule has 2 aromatic carbocycles. The molecule has 2 amide bonds. The Morgan fingerprint density at radius 3 is 1.97 bits per heavy atom. The summed E-state index contributed by atoms with van der Waals surface area (Å²) in [6, 6.07) is 16.2. The molecule has 0 unspecified atom stereocenters. The van der Waals surface area contributed by atoms with Gasteiger partial charge in [0.15, 0.2) is 0 Å². The van der Waals surface area contributed by atoms with Crippen LogP contribution in [0.1, 0.15) is 66.4 Å². The van der Waals surface area contributed by atoms with Gasteiger partial charge in [0.2, 0.25) is 5.91 Å². The van der Waals surface area contributed by atoms with E-state index >= 15 is 0 Å². The van der Waals surface area contributed by atoms with Crippen molar-refractivity contribution in [2.45, 2.75) is 57.9 Å². The predicted molar refractivity (Wildman–Crippen MR) is 140 cm³/mol. The van der Waals surface area contributed by atoms with E-state index in [1.807, 2.05) is 38.4 Å². The average molecular weight is 474 g/mol. The number of rotatable bonds is 9. The molecule has 2 aromatic rings. The second-order valence-electron chi connectivity index (χ2n) is 11.5. The summed E-state index contributed by atoms with van der Waals surface area (Å²) in [6.07, 6.45) is 9.15. The lowest BCUT2D eigenvalue weighted by Crippen LogP contribution is -2.53. The van der Waals surface area contributed by atoms with Crippen molar-refractivity contribution in [3.05, 3.63) is 65.2 Å². The molecule has 5 nitrogen and oxygen atoms in total. The molecule has 0 aliphatic heterocycles. The van der Waals surface area contributed by atoms with Crippen LogP contribution in [0.2, 0.25) is 0 Å². The van der Waals surface area contributed by atoms with Crippen LogP contribution < -0.4 is 15.5 Å². The van der Waals surface area contributed by atoms with Gasteiger partial charge in [-0.2, -0.15) is 0 Å². The highest BCUT2D eigenvalue weighted by Gasteiger charge is 2.54. The molecule has 0 heterocycles. The van der Waals surface area contributed by atoms with Gasteiger partial charge in [-0.1, -0.05) is 24.3 Å². The number of nitrogens with zero attached hydrogens (tertiary/aromatic N) is 1. The van der Waals surface area contributed by atoms with Crippen LogP contribution in [0, 0.1) is 23.2 Å². The van der Waals surface area contributed by atoms with Crippen molar-refractivity contribution in [1.29, 1.82) is 0 Å². The third-order valence-corrected chi connectivity index (χ3v) is 8.57. The summed E-state index contributed by atoms with van der Waals surface area (Å²) in [5.41, 5.74) is 4.07. The summed E-state index contributed by atoms with van der Waals surface area (Å²) in [4.78, 5) is 27.8. The van der Waals surface area contributed by atoms with E-state index < -0.39 is 0 Å². The first-order valence-electron chi connectivity index (χ1n) is 13.3. The number of hydrogen-bond donors (Lipinski definition) is 2. The fourth-order valence-electron chi connectivity index (χ4n) is 7.09. The number of benzene rings is 2. The third kappa shape index (κ3) is 5.39. The van der Waals surface area contributed by atoms with E-state index in [0.717, 1.165) is 55.4 Å². The minimum Gasteiger partial charge on any atom is -0.378 e. The molecule has 4 aliphatic rings. The van der Waals surface area contributed by atoms with E-state index in [1.54, 1.807) is 0 Å². The number of nitrogens with one attached hydrogen (secondary N) is 2. The van der Waals surface area contributed by atoms with Crippen LogP contribution in [-0.4, -0.2) is 32.5 Å². The minimum atomic E-state index is -0.108. The highest BCUT2D eigenvalue weighted by Crippen LogP contribution is 2.60. The summed E-state index contributed by atoms with van der Waals surface area (Å²) in [5.74, 6) is 2.53. The van der Waals surface area contributed by atoms with E-state index in [2.05, 4.69) is 39.8 Å². The van der Waals surface area contributed by atoms with Crippen molar-refractivity contribution >= 4 is 17.5 Å². The highest BCUT2D eigenvalue weighted by atomic mass is 16.2. The first kappa shape index (κ1) is 23.9. The zero-order valence-electron chi connectivity index (χ0n) is 21.2. The summed E-state index contributed by atoms with van der Waals surface area (Å²) >= 11 is 0. The molecule has 4 saturated carbocycles. The maximum atomic E-state index is 13.2. The van der Waals surface area contributed by atoms with Crippen LogP contribution in [-0.2, 0) is 17.8 Å². The number of aryl methyl sites for hydroxylation is 1. The second kappa shape index (κ2) is 10.0. The Bertz CT molecular complexity index is 1010. The van der Waals surface area contributed by atoms with Gasteiger partial charge in [-0.05, 0) is 105 Å². The second-order valence-corrected chi connectivity index (χ2v) is 11.5. The van der Waals surface area contributed by atoms with Crippen LogP contribution >= 0.6 is 0 Å². The van der Waals surface area contributed by atoms with Crippen LogP contribution in [0.3, 0.4) is 0 Å². The quantitative estimate of drug-likeness (QED) is 0.507. The van der Waals surface area contributed by atoms with Gasteiger partial charge in [-0.15, -0.1) is 0 Å². The fourth-order valence-corrected chi connectivity index (χ4v) is 7.09. The largest absolute Gasteiger partial charge is 0.378 e. The Labute approximate surface area is 209 Å². The van der Waals surface area contributed by atoms with Gasteiger partial charge in [0.25, 0.3) is 5.91 Å². The van der Waals surface area contributed by atoms with Gasteiger partial charge in [0.1, 0.15) is 0 Å². The zero-order valence-corrected chi connectivity index (χ0v) is 21.2. The van der Waals surface area contributed by atoms with Crippen molar-refractivity contribution in [3.8, 4) is 0 Å². The Morgan fingerprint density at radius 1 is 0.829 bits per heavy atom.